The summed E-state index contributed by atoms with van der Waals surface area (Å²) in [6, 6.07) is 11.6. The van der Waals surface area contributed by atoms with Gasteiger partial charge >= 0.3 is 0 Å². The molecule has 6 heteroatoms. The van der Waals surface area contributed by atoms with Gasteiger partial charge in [-0.1, -0.05) is 0 Å². The minimum Gasteiger partial charge on any atom is -0.352 e. The zero-order valence-electron chi connectivity index (χ0n) is 12.6. The smallest absolute Gasteiger partial charge is 0.251 e. The molecule has 3 nitrogen and oxygen atoms in total. The van der Waals surface area contributed by atoms with Crippen LogP contribution in [0.25, 0.3) is 10.6 Å². The van der Waals surface area contributed by atoms with Crippen LogP contribution in [-0.2, 0) is 6.42 Å². The third-order valence-electron chi connectivity index (χ3n) is 3.42. The van der Waals surface area contributed by atoms with E-state index in [9.17, 15) is 13.6 Å². The molecule has 0 unspecified atom stereocenters. The molecule has 0 fully saturated rings. The minimum absolute atomic E-state index is 0.246. The lowest BCUT2D eigenvalue weighted by Gasteiger charge is -2.04. The van der Waals surface area contributed by atoms with Crippen LogP contribution in [0.4, 0.5) is 8.78 Å². The Morgan fingerprint density at radius 2 is 1.62 bits per heavy atom. The van der Waals surface area contributed by atoms with Crippen molar-refractivity contribution in [1.82, 2.24) is 10.3 Å². The Hall–Kier alpha value is -2.60. The molecule has 3 rings (SSSR count). The average molecular weight is 344 g/mol. The molecular weight excluding hydrogens is 330 g/mol. The van der Waals surface area contributed by atoms with Gasteiger partial charge in [-0.25, -0.2) is 13.8 Å². The number of hydrogen-bond acceptors (Lipinski definition) is 3. The third kappa shape index (κ3) is 4.02. The molecule has 0 aliphatic rings. The van der Waals surface area contributed by atoms with Gasteiger partial charge in [0, 0.05) is 29.5 Å². The standard InChI is InChI=1S/C18H14F2N2OS/c19-14-5-1-12(2-6-14)17(23)21-10-9-16-11-24-18(22-16)13-3-7-15(20)8-4-13/h1-8,11H,9-10H2,(H,21,23). The number of aromatic nitrogens is 1. The van der Waals surface area contributed by atoms with Crippen molar-refractivity contribution in [3.8, 4) is 10.6 Å². The van der Waals surface area contributed by atoms with Crippen LogP contribution >= 0.6 is 11.3 Å². The van der Waals surface area contributed by atoms with Gasteiger partial charge in [0.25, 0.3) is 5.91 Å². The fourth-order valence-corrected chi connectivity index (χ4v) is 3.01. The van der Waals surface area contributed by atoms with E-state index in [-0.39, 0.29) is 17.5 Å². The summed E-state index contributed by atoms with van der Waals surface area (Å²) in [5.74, 6) is -0.898. The number of carbonyl (C=O) groups is 1. The van der Waals surface area contributed by atoms with Gasteiger partial charge in [-0.05, 0) is 48.5 Å². The molecule has 1 heterocycles. The second kappa shape index (κ2) is 7.31. The molecule has 0 saturated heterocycles. The number of thiazole rings is 1. The second-order valence-electron chi connectivity index (χ2n) is 5.16. The molecule has 0 bridgehead atoms. The maximum Gasteiger partial charge on any atom is 0.251 e. The molecule has 2 aromatic carbocycles. The molecule has 0 radical (unpaired) electrons. The number of rotatable bonds is 5. The minimum atomic E-state index is -0.373. The van der Waals surface area contributed by atoms with Gasteiger partial charge in [-0.2, -0.15) is 0 Å². The molecule has 0 aliphatic heterocycles. The molecule has 24 heavy (non-hydrogen) atoms. The molecule has 122 valence electrons. The van der Waals surface area contributed by atoms with Crippen molar-refractivity contribution in [2.45, 2.75) is 6.42 Å². The number of hydrogen-bond donors (Lipinski definition) is 1. The lowest BCUT2D eigenvalue weighted by Crippen LogP contribution is -2.25. The van der Waals surface area contributed by atoms with Gasteiger partial charge in [0.05, 0.1) is 5.69 Å². The van der Waals surface area contributed by atoms with Crippen LogP contribution in [0.5, 0.6) is 0 Å². The van der Waals surface area contributed by atoms with Crippen molar-refractivity contribution in [2.24, 2.45) is 0 Å². The summed E-state index contributed by atoms with van der Waals surface area (Å²) >= 11 is 1.48. The molecule has 1 amide bonds. The monoisotopic (exact) mass is 344 g/mol. The van der Waals surface area contributed by atoms with Crippen LogP contribution in [0.2, 0.25) is 0 Å². The number of amides is 1. The van der Waals surface area contributed by atoms with Gasteiger partial charge in [-0.3, -0.25) is 4.79 Å². The maximum absolute atomic E-state index is 12.9. The van der Waals surface area contributed by atoms with Gasteiger partial charge in [0.2, 0.25) is 0 Å². The second-order valence-corrected chi connectivity index (χ2v) is 6.02. The highest BCUT2D eigenvalue weighted by Gasteiger charge is 2.07. The predicted octanol–water partition coefficient (Wildman–Crippen LogP) is 4.06. The van der Waals surface area contributed by atoms with Gasteiger partial charge in [0.1, 0.15) is 16.6 Å². The molecule has 0 atom stereocenters. The Bertz CT molecular complexity index is 829. The number of halogens is 2. The van der Waals surface area contributed by atoms with E-state index >= 15 is 0 Å². The fourth-order valence-electron chi connectivity index (χ4n) is 2.15. The first-order valence-corrected chi connectivity index (χ1v) is 8.24. The lowest BCUT2D eigenvalue weighted by molar-refractivity contribution is 0.0954. The van der Waals surface area contributed by atoms with Crippen molar-refractivity contribution >= 4 is 17.2 Å². The Labute approximate surface area is 142 Å². The molecule has 0 saturated carbocycles. The number of benzene rings is 2. The first-order valence-electron chi connectivity index (χ1n) is 7.36. The van der Waals surface area contributed by atoms with Crippen LogP contribution < -0.4 is 5.32 Å². The van der Waals surface area contributed by atoms with Crippen LogP contribution in [0.15, 0.2) is 53.9 Å². The van der Waals surface area contributed by atoms with Crippen LogP contribution in [0, 0.1) is 11.6 Å². The van der Waals surface area contributed by atoms with E-state index in [1.54, 1.807) is 12.1 Å². The van der Waals surface area contributed by atoms with Crippen molar-refractivity contribution in [1.29, 1.82) is 0 Å². The predicted molar refractivity (Wildman–Crippen MR) is 89.9 cm³/mol. The van der Waals surface area contributed by atoms with Crippen LogP contribution in [0.3, 0.4) is 0 Å². The van der Waals surface area contributed by atoms with E-state index in [4.69, 9.17) is 0 Å². The third-order valence-corrected chi connectivity index (χ3v) is 4.36. The van der Waals surface area contributed by atoms with E-state index in [0.29, 0.717) is 18.5 Å². The van der Waals surface area contributed by atoms with E-state index in [0.717, 1.165) is 16.3 Å². The zero-order chi connectivity index (χ0) is 16.9. The van der Waals surface area contributed by atoms with Gasteiger partial charge in [-0.15, -0.1) is 11.3 Å². The largest absolute Gasteiger partial charge is 0.352 e. The summed E-state index contributed by atoms with van der Waals surface area (Å²) in [6.07, 6.45) is 0.588. The Balaban J connectivity index is 1.55. The summed E-state index contributed by atoms with van der Waals surface area (Å²) in [6.45, 7) is 0.433. The van der Waals surface area contributed by atoms with Crippen LogP contribution in [0.1, 0.15) is 16.1 Å². The number of nitrogens with one attached hydrogen (secondary N) is 1. The van der Waals surface area contributed by atoms with E-state index in [2.05, 4.69) is 10.3 Å². The normalized spacial score (nSPS) is 10.6. The fraction of sp³-hybridized carbons (Fsp3) is 0.111. The summed E-state index contributed by atoms with van der Waals surface area (Å²) in [7, 11) is 0. The van der Waals surface area contributed by atoms with Crippen molar-refractivity contribution < 1.29 is 13.6 Å². The van der Waals surface area contributed by atoms with E-state index < -0.39 is 0 Å². The highest BCUT2D eigenvalue weighted by atomic mass is 32.1. The molecular formula is C18H14F2N2OS. The Morgan fingerprint density at radius 3 is 2.29 bits per heavy atom. The molecule has 1 N–H and O–H groups in total. The Kier molecular flexibility index (Phi) is 4.96. The quantitative estimate of drug-likeness (QED) is 0.758. The van der Waals surface area contributed by atoms with E-state index in [1.165, 1.54) is 47.7 Å². The molecule has 3 aromatic rings. The van der Waals surface area contributed by atoms with Gasteiger partial charge in [0.15, 0.2) is 0 Å². The number of carbonyl (C=O) groups excluding carboxylic acids is 1. The summed E-state index contributed by atoms with van der Waals surface area (Å²) < 4.78 is 25.8. The molecule has 0 aliphatic carbocycles. The number of nitrogens with zero attached hydrogens (tertiary/aromatic N) is 1. The lowest BCUT2D eigenvalue weighted by atomic mass is 10.2. The zero-order valence-corrected chi connectivity index (χ0v) is 13.4. The summed E-state index contributed by atoms with van der Waals surface area (Å²) in [5, 5.41) is 5.51. The molecule has 0 spiro atoms. The molecule has 1 aromatic heterocycles. The highest BCUT2D eigenvalue weighted by molar-refractivity contribution is 7.13. The topological polar surface area (TPSA) is 42.0 Å². The first-order chi connectivity index (χ1) is 11.6. The van der Waals surface area contributed by atoms with Crippen LogP contribution in [-0.4, -0.2) is 17.4 Å². The summed E-state index contributed by atoms with van der Waals surface area (Å²) in [4.78, 5) is 16.4. The first kappa shape index (κ1) is 16.3. The van der Waals surface area contributed by atoms with Crippen molar-refractivity contribution in [3.05, 3.63) is 76.8 Å². The van der Waals surface area contributed by atoms with Gasteiger partial charge < -0.3 is 5.32 Å². The summed E-state index contributed by atoms with van der Waals surface area (Å²) in [5.41, 5.74) is 2.14. The highest BCUT2D eigenvalue weighted by Crippen LogP contribution is 2.23. The van der Waals surface area contributed by atoms with E-state index in [1.807, 2.05) is 5.38 Å². The Morgan fingerprint density at radius 1 is 1.00 bits per heavy atom. The van der Waals surface area contributed by atoms with Crippen molar-refractivity contribution in [2.75, 3.05) is 6.54 Å². The maximum atomic E-state index is 12.9. The average Bonchev–Trinajstić information content (AvgIpc) is 3.05. The van der Waals surface area contributed by atoms with Crippen molar-refractivity contribution in [3.63, 3.8) is 0 Å². The SMILES string of the molecule is O=C(NCCc1csc(-c2ccc(F)cc2)n1)c1ccc(F)cc1.